The number of carbonyl (C=O) groups excluding carboxylic acids is 1. The fourth-order valence-corrected chi connectivity index (χ4v) is 1.86. The van der Waals surface area contributed by atoms with E-state index in [9.17, 15) is 14.0 Å². The second-order valence-corrected chi connectivity index (χ2v) is 4.93. The second kappa shape index (κ2) is 6.36. The highest BCUT2D eigenvalue weighted by Gasteiger charge is 2.33. The molecular formula is C14H19FN2O3. The van der Waals surface area contributed by atoms with Gasteiger partial charge in [-0.3, -0.25) is 0 Å². The van der Waals surface area contributed by atoms with Crippen molar-refractivity contribution in [1.29, 1.82) is 0 Å². The third-order valence-electron chi connectivity index (χ3n) is 3.03. The summed E-state index contributed by atoms with van der Waals surface area (Å²) in [7, 11) is 0. The smallest absolute Gasteiger partial charge is 0.329 e. The van der Waals surface area contributed by atoms with E-state index in [0.717, 1.165) is 0 Å². The standard InChI is InChI=1S/C14H19FN2O3/c1-4-7-14(3,12(18)19)17-13(20)16-10-5-6-11(15)9(2)8-10/h5-6,8H,4,7H2,1-3H3,(H,18,19)(H2,16,17,20). The third-order valence-corrected chi connectivity index (χ3v) is 3.03. The number of benzene rings is 1. The number of nitrogens with one attached hydrogen (secondary N) is 2. The van der Waals surface area contributed by atoms with E-state index < -0.39 is 17.5 Å². The average molecular weight is 282 g/mol. The molecule has 1 rings (SSSR count). The molecule has 1 aromatic carbocycles. The van der Waals surface area contributed by atoms with E-state index in [1.54, 1.807) is 6.92 Å². The van der Waals surface area contributed by atoms with E-state index in [1.165, 1.54) is 25.1 Å². The molecule has 2 amide bonds. The Balaban J connectivity index is 2.75. The Morgan fingerprint density at radius 3 is 2.55 bits per heavy atom. The highest BCUT2D eigenvalue weighted by Crippen LogP contribution is 2.15. The van der Waals surface area contributed by atoms with Gasteiger partial charge in [-0.15, -0.1) is 0 Å². The summed E-state index contributed by atoms with van der Waals surface area (Å²) in [6.45, 7) is 4.87. The summed E-state index contributed by atoms with van der Waals surface area (Å²) >= 11 is 0. The lowest BCUT2D eigenvalue weighted by Gasteiger charge is -2.25. The van der Waals surface area contributed by atoms with Crippen molar-refractivity contribution in [2.75, 3.05) is 5.32 Å². The van der Waals surface area contributed by atoms with Crippen molar-refractivity contribution in [3.05, 3.63) is 29.6 Å². The van der Waals surface area contributed by atoms with Gasteiger partial charge in [-0.1, -0.05) is 13.3 Å². The van der Waals surface area contributed by atoms with Gasteiger partial charge in [0.15, 0.2) is 0 Å². The van der Waals surface area contributed by atoms with E-state index >= 15 is 0 Å². The molecule has 0 bridgehead atoms. The minimum absolute atomic E-state index is 0.318. The molecule has 0 fully saturated rings. The number of carboxylic acid groups (broad SMARTS) is 1. The minimum atomic E-state index is -1.33. The monoisotopic (exact) mass is 282 g/mol. The van der Waals surface area contributed by atoms with Crippen molar-refractivity contribution in [3.63, 3.8) is 0 Å². The summed E-state index contributed by atoms with van der Waals surface area (Å²) in [6, 6.07) is 3.51. The molecule has 6 heteroatoms. The highest BCUT2D eigenvalue weighted by atomic mass is 19.1. The number of aryl methyl sites for hydroxylation is 1. The van der Waals surface area contributed by atoms with Crippen LogP contribution in [0.2, 0.25) is 0 Å². The van der Waals surface area contributed by atoms with Crippen LogP contribution in [-0.4, -0.2) is 22.6 Å². The molecule has 0 aromatic heterocycles. The van der Waals surface area contributed by atoms with Crippen molar-refractivity contribution in [3.8, 4) is 0 Å². The minimum Gasteiger partial charge on any atom is -0.480 e. The molecule has 0 spiro atoms. The predicted molar refractivity (Wildman–Crippen MR) is 74.2 cm³/mol. The molecule has 0 saturated heterocycles. The van der Waals surface area contributed by atoms with E-state index in [1.807, 2.05) is 6.92 Å². The van der Waals surface area contributed by atoms with Gasteiger partial charge >= 0.3 is 12.0 Å². The zero-order valence-electron chi connectivity index (χ0n) is 11.8. The Morgan fingerprint density at radius 2 is 2.05 bits per heavy atom. The molecule has 0 heterocycles. The number of urea groups is 1. The van der Waals surface area contributed by atoms with Crippen LogP contribution in [0.5, 0.6) is 0 Å². The first-order valence-electron chi connectivity index (χ1n) is 6.37. The van der Waals surface area contributed by atoms with E-state index in [0.29, 0.717) is 24.1 Å². The van der Waals surface area contributed by atoms with Crippen molar-refractivity contribution in [2.45, 2.75) is 39.2 Å². The molecule has 0 aliphatic carbocycles. The van der Waals surface area contributed by atoms with Gasteiger partial charge < -0.3 is 15.7 Å². The van der Waals surface area contributed by atoms with Crippen LogP contribution in [0.1, 0.15) is 32.3 Å². The summed E-state index contributed by atoms with van der Waals surface area (Å²) in [4.78, 5) is 23.0. The number of carboxylic acids is 1. The molecule has 5 nitrogen and oxygen atoms in total. The van der Waals surface area contributed by atoms with Gasteiger partial charge in [0.25, 0.3) is 0 Å². The number of hydrogen-bond donors (Lipinski definition) is 3. The van der Waals surface area contributed by atoms with Crippen LogP contribution < -0.4 is 10.6 Å². The van der Waals surface area contributed by atoms with E-state index in [4.69, 9.17) is 5.11 Å². The lowest BCUT2D eigenvalue weighted by molar-refractivity contribution is -0.143. The fourth-order valence-electron chi connectivity index (χ4n) is 1.86. The van der Waals surface area contributed by atoms with E-state index in [-0.39, 0.29) is 5.82 Å². The molecular weight excluding hydrogens is 263 g/mol. The Morgan fingerprint density at radius 1 is 1.40 bits per heavy atom. The lowest BCUT2D eigenvalue weighted by Crippen LogP contribution is -2.53. The normalized spacial score (nSPS) is 13.4. The molecule has 0 radical (unpaired) electrons. The molecule has 0 aliphatic heterocycles. The molecule has 1 unspecified atom stereocenters. The summed E-state index contributed by atoms with van der Waals surface area (Å²) in [5.41, 5.74) is -0.517. The molecule has 110 valence electrons. The van der Waals surface area contributed by atoms with Crippen LogP contribution in [0.4, 0.5) is 14.9 Å². The van der Waals surface area contributed by atoms with Crippen LogP contribution in [0, 0.1) is 12.7 Å². The maximum atomic E-state index is 13.1. The maximum absolute atomic E-state index is 13.1. The van der Waals surface area contributed by atoms with Gasteiger partial charge in [0.05, 0.1) is 0 Å². The van der Waals surface area contributed by atoms with Crippen LogP contribution in [0.15, 0.2) is 18.2 Å². The third kappa shape index (κ3) is 3.94. The quantitative estimate of drug-likeness (QED) is 0.777. The summed E-state index contributed by atoms with van der Waals surface area (Å²) < 4.78 is 13.1. The summed E-state index contributed by atoms with van der Waals surface area (Å²) in [5, 5.41) is 14.1. The first kappa shape index (κ1) is 15.9. The maximum Gasteiger partial charge on any atom is 0.329 e. The number of amides is 2. The fraction of sp³-hybridized carbons (Fsp3) is 0.429. The first-order valence-corrected chi connectivity index (χ1v) is 6.37. The second-order valence-electron chi connectivity index (χ2n) is 4.93. The van der Waals surface area contributed by atoms with Gasteiger partial charge in [0.1, 0.15) is 11.4 Å². The number of rotatable bonds is 5. The summed E-state index contributed by atoms with van der Waals surface area (Å²) in [6.07, 6.45) is 0.941. The number of aliphatic carboxylic acids is 1. The molecule has 0 saturated carbocycles. The van der Waals surface area contributed by atoms with Crippen molar-refractivity contribution >= 4 is 17.7 Å². The zero-order valence-corrected chi connectivity index (χ0v) is 11.8. The first-order chi connectivity index (χ1) is 9.28. The SMILES string of the molecule is CCCC(C)(NC(=O)Nc1ccc(F)c(C)c1)C(=O)O. The Hall–Kier alpha value is -2.11. The van der Waals surface area contributed by atoms with Crippen LogP contribution >= 0.6 is 0 Å². The number of hydrogen-bond acceptors (Lipinski definition) is 2. The Kier molecular flexibility index (Phi) is 5.07. The zero-order chi connectivity index (χ0) is 15.3. The van der Waals surface area contributed by atoms with Crippen LogP contribution in [0.3, 0.4) is 0 Å². The van der Waals surface area contributed by atoms with Crippen LogP contribution in [0.25, 0.3) is 0 Å². The number of anilines is 1. The average Bonchev–Trinajstić information content (AvgIpc) is 2.33. The topological polar surface area (TPSA) is 78.4 Å². The number of carbonyl (C=O) groups is 2. The summed E-state index contributed by atoms with van der Waals surface area (Å²) in [5.74, 6) is -1.46. The molecule has 20 heavy (non-hydrogen) atoms. The molecule has 3 N–H and O–H groups in total. The largest absolute Gasteiger partial charge is 0.480 e. The Labute approximate surface area is 117 Å². The lowest BCUT2D eigenvalue weighted by atomic mass is 9.97. The molecule has 1 atom stereocenters. The van der Waals surface area contributed by atoms with Gasteiger partial charge in [-0.25, -0.2) is 14.0 Å². The van der Waals surface area contributed by atoms with Gasteiger partial charge in [0, 0.05) is 5.69 Å². The van der Waals surface area contributed by atoms with E-state index in [2.05, 4.69) is 10.6 Å². The molecule has 0 aliphatic rings. The van der Waals surface area contributed by atoms with Crippen molar-refractivity contribution in [2.24, 2.45) is 0 Å². The predicted octanol–water partition coefficient (Wildman–Crippen LogP) is 2.90. The van der Waals surface area contributed by atoms with Crippen molar-refractivity contribution < 1.29 is 19.1 Å². The molecule has 1 aromatic rings. The van der Waals surface area contributed by atoms with Crippen LogP contribution in [-0.2, 0) is 4.79 Å². The van der Waals surface area contributed by atoms with Gasteiger partial charge in [0.2, 0.25) is 0 Å². The number of halogens is 1. The van der Waals surface area contributed by atoms with Gasteiger partial charge in [-0.2, -0.15) is 0 Å². The Bertz CT molecular complexity index is 519. The van der Waals surface area contributed by atoms with Gasteiger partial charge in [-0.05, 0) is 44.0 Å². The van der Waals surface area contributed by atoms with Crippen molar-refractivity contribution in [1.82, 2.24) is 5.32 Å². The highest BCUT2D eigenvalue weighted by molar-refractivity contribution is 5.93.